The molecule has 0 spiro atoms. The molecule has 1 amide bonds. The predicted octanol–water partition coefficient (Wildman–Crippen LogP) is 4.43. The molecule has 0 saturated heterocycles. The minimum absolute atomic E-state index is 0.104. The second-order valence-electron chi connectivity index (χ2n) is 7.76. The van der Waals surface area contributed by atoms with Crippen LogP contribution in [-0.2, 0) is 17.8 Å². The van der Waals surface area contributed by atoms with Crippen LogP contribution in [0, 0.1) is 13.8 Å². The molecule has 0 aliphatic carbocycles. The standard InChI is InChI=1S/C26H30N2O6/c1-6-28-18(4)23(17(3)24(28)26(31)33-7-2)21(29)16-27(15-19-11-10-14-34-19)25(30)20-12-8-9-13-22(20)32-5/h8-14H,6-7,15-16H2,1-5H3. The number of rotatable bonds is 10. The van der Waals surface area contributed by atoms with Crippen molar-refractivity contribution >= 4 is 17.7 Å². The van der Waals surface area contributed by atoms with E-state index in [4.69, 9.17) is 13.9 Å². The molecule has 180 valence electrons. The molecule has 0 unspecified atom stereocenters. The van der Waals surface area contributed by atoms with Crippen molar-refractivity contribution in [2.75, 3.05) is 20.3 Å². The zero-order chi connectivity index (χ0) is 24.8. The number of ketones is 1. The van der Waals surface area contributed by atoms with Crippen molar-refractivity contribution in [1.29, 1.82) is 0 Å². The van der Waals surface area contributed by atoms with Crippen molar-refractivity contribution < 1.29 is 28.3 Å². The molecule has 0 aliphatic heterocycles. The van der Waals surface area contributed by atoms with Crippen LogP contribution in [0.25, 0.3) is 0 Å². The Labute approximate surface area is 199 Å². The average Bonchev–Trinajstić information content (AvgIpc) is 3.43. The molecule has 3 aromatic rings. The SMILES string of the molecule is CCOC(=O)c1c(C)c(C(=O)CN(Cc2ccco2)C(=O)c2ccccc2OC)c(C)n1CC. The summed E-state index contributed by atoms with van der Waals surface area (Å²) in [5.74, 6) is -0.150. The largest absolute Gasteiger partial charge is 0.496 e. The lowest BCUT2D eigenvalue weighted by Gasteiger charge is -2.22. The second kappa shape index (κ2) is 10.9. The van der Waals surface area contributed by atoms with Gasteiger partial charge in [-0.15, -0.1) is 0 Å². The molecule has 0 fully saturated rings. The number of para-hydroxylation sites is 1. The zero-order valence-electron chi connectivity index (χ0n) is 20.2. The highest BCUT2D eigenvalue weighted by molar-refractivity contribution is 6.06. The van der Waals surface area contributed by atoms with Crippen LogP contribution in [0.3, 0.4) is 0 Å². The van der Waals surface area contributed by atoms with Gasteiger partial charge in [-0.1, -0.05) is 12.1 Å². The van der Waals surface area contributed by atoms with E-state index in [9.17, 15) is 14.4 Å². The van der Waals surface area contributed by atoms with Crippen LogP contribution in [0.15, 0.2) is 47.1 Å². The van der Waals surface area contributed by atoms with E-state index in [2.05, 4.69) is 0 Å². The van der Waals surface area contributed by atoms with Crippen molar-refractivity contribution in [1.82, 2.24) is 9.47 Å². The van der Waals surface area contributed by atoms with Crippen molar-refractivity contribution in [3.05, 3.63) is 76.5 Å². The second-order valence-corrected chi connectivity index (χ2v) is 7.76. The summed E-state index contributed by atoms with van der Waals surface area (Å²) in [7, 11) is 1.49. The molecule has 0 atom stereocenters. The Balaban J connectivity index is 1.99. The van der Waals surface area contributed by atoms with Crippen molar-refractivity contribution in [3.63, 3.8) is 0 Å². The van der Waals surface area contributed by atoms with Crippen LogP contribution < -0.4 is 4.74 Å². The molecule has 0 saturated carbocycles. The number of aromatic nitrogens is 1. The number of amides is 1. The number of methoxy groups -OCH3 is 1. The van der Waals surface area contributed by atoms with E-state index in [1.54, 1.807) is 61.7 Å². The number of carbonyl (C=O) groups excluding carboxylic acids is 3. The Bertz CT molecular complexity index is 1180. The van der Waals surface area contributed by atoms with Gasteiger partial charge in [0.05, 0.1) is 38.6 Å². The fourth-order valence-electron chi connectivity index (χ4n) is 4.20. The highest BCUT2D eigenvalue weighted by Crippen LogP contribution is 2.26. The lowest BCUT2D eigenvalue weighted by Crippen LogP contribution is -2.35. The number of benzene rings is 1. The van der Waals surface area contributed by atoms with Gasteiger partial charge in [-0.25, -0.2) is 4.79 Å². The number of hydrogen-bond acceptors (Lipinski definition) is 6. The highest BCUT2D eigenvalue weighted by Gasteiger charge is 2.29. The van der Waals surface area contributed by atoms with Gasteiger partial charge in [-0.05, 0) is 57.5 Å². The van der Waals surface area contributed by atoms with Crippen LogP contribution in [0.1, 0.15) is 62.1 Å². The maximum absolute atomic E-state index is 13.6. The first kappa shape index (κ1) is 24.8. The van der Waals surface area contributed by atoms with Crippen molar-refractivity contribution in [2.24, 2.45) is 0 Å². The Morgan fingerprint density at radius 1 is 1.06 bits per heavy atom. The molecule has 2 heterocycles. The van der Waals surface area contributed by atoms with Gasteiger partial charge in [0.25, 0.3) is 5.91 Å². The average molecular weight is 467 g/mol. The molecule has 0 radical (unpaired) electrons. The molecule has 3 rings (SSSR count). The maximum Gasteiger partial charge on any atom is 0.355 e. The van der Waals surface area contributed by atoms with Gasteiger partial charge in [-0.2, -0.15) is 0 Å². The highest BCUT2D eigenvalue weighted by atomic mass is 16.5. The van der Waals surface area contributed by atoms with E-state index in [0.29, 0.717) is 46.1 Å². The smallest absolute Gasteiger partial charge is 0.355 e. The number of furan rings is 1. The number of ether oxygens (including phenoxy) is 2. The number of esters is 1. The Morgan fingerprint density at radius 3 is 2.41 bits per heavy atom. The van der Waals surface area contributed by atoms with E-state index >= 15 is 0 Å². The van der Waals surface area contributed by atoms with Crippen molar-refractivity contribution in [2.45, 2.75) is 40.8 Å². The van der Waals surface area contributed by atoms with Gasteiger partial charge >= 0.3 is 5.97 Å². The summed E-state index contributed by atoms with van der Waals surface area (Å²) in [6.45, 7) is 7.81. The van der Waals surface area contributed by atoms with E-state index in [1.165, 1.54) is 18.3 Å². The maximum atomic E-state index is 13.6. The van der Waals surface area contributed by atoms with Gasteiger partial charge in [0.15, 0.2) is 5.78 Å². The summed E-state index contributed by atoms with van der Waals surface area (Å²) in [4.78, 5) is 41.0. The first-order valence-electron chi connectivity index (χ1n) is 11.2. The van der Waals surface area contributed by atoms with Gasteiger partial charge in [0.2, 0.25) is 0 Å². The molecule has 2 aromatic heterocycles. The summed E-state index contributed by atoms with van der Waals surface area (Å²) in [6, 6.07) is 10.3. The summed E-state index contributed by atoms with van der Waals surface area (Å²) in [5, 5.41) is 0. The van der Waals surface area contributed by atoms with Crippen LogP contribution in [0.4, 0.5) is 0 Å². The third-order valence-electron chi connectivity index (χ3n) is 5.72. The molecular weight excluding hydrogens is 436 g/mol. The van der Waals surface area contributed by atoms with Gasteiger partial charge in [0.1, 0.15) is 17.2 Å². The quantitative estimate of drug-likeness (QED) is 0.324. The normalized spacial score (nSPS) is 10.7. The number of Topliss-reactive ketones (excluding diaryl/α,β-unsaturated/α-hetero) is 1. The topological polar surface area (TPSA) is 91.0 Å². The lowest BCUT2D eigenvalue weighted by molar-refractivity contribution is 0.0512. The molecule has 34 heavy (non-hydrogen) atoms. The van der Waals surface area contributed by atoms with Gasteiger partial charge < -0.3 is 23.4 Å². The third-order valence-corrected chi connectivity index (χ3v) is 5.72. The lowest BCUT2D eigenvalue weighted by atomic mass is 10.0. The molecular formula is C26H30N2O6. The summed E-state index contributed by atoms with van der Waals surface area (Å²) < 4.78 is 17.8. The first-order chi connectivity index (χ1) is 16.3. The summed E-state index contributed by atoms with van der Waals surface area (Å²) in [6.07, 6.45) is 1.52. The fourth-order valence-corrected chi connectivity index (χ4v) is 4.20. The van der Waals surface area contributed by atoms with Crippen LogP contribution >= 0.6 is 0 Å². The van der Waals surface area contributed by atoms with E-state index in [1.807, 2.05) is 6.92 Å². The van der Waals surface area contributed by atoms with Crippen molar-refractivity contribution in [3.8, 4) is 5.75 Å². The summed E-state index contributed by atoms with van der Waals surface area (Å²) >= 11 is 0. The number of nitrogens with zero attached hydrogens (tertiary/aromatic N) is 2. The molecule has 8 heteroatoms. The van der Waals surface area contributed by atoms with Gasteiger partial charge in [-0.3, -0.25) is 9.59 Å². The zero-order valence-corrected chi connectivity index (χ0v) is 20.2. The van der Waals surface area contributed by atoms with Crippen LogP contribution in [-0.4, -0.2) is 47.4 Å². The minimum Gasteiger partial charge on any atom is -0.496 e. The minimum atomic E-state index is -0.471. The Morgan fingerprint density at radius 2 is 1.79 bits per heavy atom. The molecule has 0 N–H and O–H groups in total. The van der Waals surface area contributed by atoms with E-state index in [-0.39, 0.29) is 31.4 Å². The number of carbonyl (C=O) groups is 3. The van der Waals surface area contributed by atoms with Gasteiger partial charge in [0, 0.05) is 17.8 Å². The molecule has 0 aliphatic rings. The summed E-state index contributed by atoms with van der Waals surface area (Å²) in [5.41, 5.74) is 2.33. The van der Waals surface area contributed by atoms with Crippen LogP contribution in [0.2, 0.25) is 0 Å². The first-order valence-corrected chi connectivity index (χ1v) is 11.2. The number of hydrogen-bond donors (Lipinski definition) is 0. The van der Waals surface area contributed by atoms with Crippen LogP contribution in [0.5, 0.6) is 5.75 Å². The fraction of sp³-hybridized carbons (Fsp3) is 0.346. The monoisotopic (exact) mass is 466 g/mol. The Kier molecular flexibility index (Phi) is 7.94. The molecule has 1 aromatic carbocycles. The molecule has 8 nitrogen and oxygen atoms in total. The predicted molar refractivity (Wildman–Crippen MR) is 126 cm³/mol. The Hall–Kier alpha value is -3.81. The van der Waals surface area contributed by atoms with E-state index < -0.39 is 5.97 Å². The third kappa shape index (κ3) is 4.90. The molecule has 0 bridgehead atoms. The van der Waals surface area contributed by atoms with E-state index in [0.717, 1.165) is 0 Å².